The second-order valence-corrected chi connectivity index (χ2v) is 6.88. The van der Waals surface area contributed by atoms with E-state index in [1.54, 1.807) is 18.4 Å². The lowest BCUT2D eigenvalue weighted by atomic mass is 9.93. The summed E-state index contributed by atoms with van der Waals surface area (Å²) in [5.74, 6) is -0.0624. The standard InChI is InChI=1S/C21H20N2O4/c24-20(25)12-14-7-9-23(10-8-14)21(26)16-13-18(19-6-3-11-27-19)22-17-5-2-1-4-15(16)17/h1-6,11,13-14H,7-10,12H2,(H,24,25). The molecule has 1 N–H and O–H groups in total. The lowest BCUT2D eigenvalue weighted by molar-refractivity contribution is -0.138. The van der Waals surface area contributed by atoms with Gasteiger partial charge in [-0.1, -0.05) is 18.2 Å². The lowest BCUT2D eigenvalue weighted by Gasteiger charge is -2.31. The van der Waals surface area contributed by atoms with Crippen molar-refractivity contribution in [2.75, 3.05) is 13.1 Å². The van der Waals surface area contributed by atoms with Crippen molar-refractivity contribution in [3.8, 4) is 11.5 Å². The number of piperidine rings is 1. The first-order valence-electron chi connectivity index (χ1n) is 9.06. The van der Waals surface area contributed by atoms with E-state index in [1.165, 1.54) is 0 Å². The van der Waals surface area contributed by atoms with Crippen molar-refractivity contribution < 1.29 is 19.1 Å². The molecule has 1 fully saturated rings. The minimum Gasteiger partial charge on any atom is -0.481 e. The minimum absolute atomic E-state index is 0.0461. The van der Waals surface area contributed by atoms with Crippen LogP contribution >= 0.6 is 0 Å². The third-order valence-corrected chi connectivity index (χ3v) is 5.09. The van der Waals surface area contributed by atoms with Crippen LogP contribution in [0.3, 0.4) is 0 Å². The number of hydrogen-bond donors (Lipinski definition) is 1. The molecule has 3 aromatic rings. The molecular weight excluding hydrogens is 344 g/mol. The molecule has 2 aromatic heterocycles. The average Bonchev–Trinajstić information content (AvgIpc) is 3.21. The molecule has 6 heteroatoms. The molecule has 0 spiro atoms. The van der Waals surface area contributed by atoms with Gasteiger partial charge in [-0.15, -0.1) is 0 Å². The number of carbonyl (C=O) groups is 2. The number of fused-ring (bicyclic) bond motifs is 1. The van der Waals surface area contributed by atoms with Crippen LogP contribution in [0.5, 0.6) is 0 Å². The molecule has 0 atom stereocenters. The Kier molecular flexibility index (Phi) is 4.62. The van der Waals surface area contributed by atoms with Crippen molar-refractivity contribution in [2.45, 2.75) is 19.3 Å². The topological polar surface area (TPSA) is 83.6 Å². The summed E-state index contributed by atoms with van der Waals surface area (Å²) in [7, 11) is 0. The number of hydrogen-bond acceptors (Lipinski definition) is 4. The fourth-order valence-corrected chi connectivity index (χ4v) is 3.66. The summed E-state index contributed by atoms with van der Waals surface area (Å²) in [5, 5.41) is 9.77. The molecule has 1 aromatic carbocycles. The van der Waals surface area contributed by atoms with E-state index < -0.39 is 5.97 Å². The third-order valence-electron chi connectivity index (χ3n) is 5.09. The summed E-state index contributed by atoms with van der Waals surface area (Å²) in [6, 6.07) is 13.0. The number of nitrogens with zero attached hydrogens (tertiary/aromatic N) is 2. The molecule has 1 saturated heterocycles. The Morgan fingerprint density at radius 1 is 1.15 bits per heavy atom. The summed E-state index contributed by atoms with van der Waals surface area (Å²) in [6.07, 6.45) is 3.18. The van der Waals surface area contributed by atoms with Gasteiger partial charge in [0.25, 0.3) is 5.91 Å². The maximum absolute atomic E-state index is 13.2. The molecule has 0 saturated carbocycles. The molecule has 1 aliphatic rings. The first-order chi connectivity index (χ1) is 13.1. The van der Waals surface area contributed by atoms with Gasteiger partial charge in [-0.25, -0.2) is 4.98 Å². The Bertz CT molecular complexity index is 973. The number of aliphatic carboxylic acids is 1. The van der Waals surface area contributed by atoms with E-state index in [0.717, 1.165) is 10.9 Å². The van der Waals surface area contributed by atoms with Crippen LogP contribution in [-0.2, 0) is 4.79 Å². The number of benzene rings is 1. The van der Waals surface area contributed by atoms with Crippen LogP contribution in [0.4, 0.5) is 0 Å². The number of carboxylic acids is 1. The van der Waals surface area contributed by atoms with E-state index in [4.69, 9.17) is 9.52 Å². The number of carboxylic acid groups (broad SMARTS) is 1. The summed E-state index contributed by atoms with van der Waals surface area (Å²) < 4.78 is 5.46. The molecule has 1 amide bonds. The van der Waals surface area contributed by atoms with E-state index in [0.29, 0.717) is 42.9 Å². The highest BCUT2D eigenvalue weighted by atomic mass is 16.4. The molecule has 6 nitrogen and oxygen atoms in total. The first kappa shape index (κ1) is 17.3. The van der Waals surface area contributed by atoms with Gasteiger partial charge in [0.15, 0.2) is 5.76 Å². The lowest BCUT2D eigenvalue weighted by Crippen LogP contribution is -2.39. The van der Waals surface area contributed by atoms with Crippen molar-refractivity contribution in [1.29, 1.82) is 0 Å². The largest absolute Gasteiger partial charge is 0.481 e. The zero-order valence-corrected chi connectivity index (χ0v) is 14.8. The molecule has 0 bridgehead atoms. The smallest absolute Gasteiger partial charge is 0.303 e. The van der Waals surface area contributed by atoms with Crippen LogP contribution in [-0.4, -0.2) is 40.0 Å². The number of amides is 1. The Balaban J connectivity index is 1.64. The number of para-hydroxylation sites is 1. The van der Waals surface area contributed by atoms with Gasteiger partial charge in [-0.05, 0) is 43.0 Å². The highest BCUT2D eigenvalue weighted by Gasteiger charge is 2.26. The number of pyridine rings is 1. The number of rotatable bonds is 4. The number of likely N-dealkylation sites (tertiary alicyclic amines) is 1. The highest BCUT2D eigenvalue weighted by Crippen LogP contribution is 2.28. The van der Waals surface area contributed by atoms with Crippen molar-refractivity contribution in [3.63, 3.8) is 0 Å². The number of aromatic nitrogens is 1. The predicted octanol–water partition coefficient (Wildman–Crippen LogP) is 3.82. The SMILES string of the molecule is O=C(O)CC1CCN(C(=O)c2cc(-c3ccco3)nc3ccccc23)CC1. The minimum atomic E-state index is -0.775. The fourth-order valence-electron chi connectivity index (χ4n) is 3.66. The maximum atomic E-state index is 13.2. The van der Waals surface area contributed by atoms with Gasteiger partial charge in [0.2, 0.25) is 0 Å². The van der Waals surface area contributed by atoms with Gasteiger partial charge in [-0.2, -0.15) is 0 Å². The van der Waals surface area contributed by atoms with Crippen molar-refractivity contribution in [1.82, 2.24) is 9.88 Å². The van der Waals surface area contributed by atoms with Crippen LogP contribution in [0.2, 0.25) is 0 Å². The molecule has 4 rings (SSSR count). The van der Waals surface area contributed by atoms with E-state index in [1.807, 2.05) is 35.2 Å². The Hall–Kier alpha value is -3.15. The van der Waals surface area contributed by atoms with Gasteiger partial charge in [-0.3, -0.25) is 9.59 Å². The molecule has 0 radical (unpaired) electrons. The molecule has 3 heterocycles. The molecule has 138 valence electrons. The molecule has 1 aliphatic heterocycles. The second kappa shape index (κ2) is 7.23. The summed E-state index contributed by atoms with van der Waals surface area (Å²) >= 11 is 0. The fraction of sp³-hybridized carbons (Fsp3) is 0.286. The normalized spacial score (nSPS) is 15.2. The van der Waals surface area contributed by atoms with Crippen LogP contribution in [0, 0.1) is 5.92 Å². The first-order valence-corrected chi connectivity index (χ1v) is 9.06. The van der Waals surface area contributed by atoms with Gasteiger partial charge in [0.1, 0.15) is 5.69 Å². The van der Waals surface area contributed by atoms with Gasteiger partial charge < -0.3 is 14.4 Å². The summed E-state index contributed by atoms with van der Waals surface area (Å²) in [6.45, 7) is 1.15. The monoisotopic (exact) mass is 364 g/mol. The quantitative estimate of drug-likeness (QED) is 0.761. The van der Waals surface area contributed by atoms with Gasteiger partial charge in [0, 0.05) is 24.9 Å². The van der Waals surface area contributed by atoms with Crippen molar-refractivity contribution >= 4 is 22.8 Å². The Labute approximate surface area is 156 Å². The number of carbonyl (C=O) groups excluding carboxylic acids is 1. The van der Waals surface area contributed by atoms with Gasteiger partial charge >= 0.3 is 5.97 Å². The predicted molar refractivity (Wildman–Crippen MR) is 100 cm³/mol. The van der Waals surface area contributed by atoms with Crippen molar-refractivity contribution in [3.05, 3.63) is 54.3 Å². The van der Waals surface area contributed by atoms with E-state index in [-0.39, 0.29) is 18.2 Å². The second-order valence-electron chi connectivity index (χ2n) is 6.88. The Morgan fingerprint density at radius 2 is 1.93 bits per heavy atom. The number of furan rings is 1. The van der Waals surface area contributed by atoms with E-state index in [9.17, 15) is 9.59 Å². The summed E-state index contributed by atoms with van der Waals surface area (Å²) in [5.41, 5.74) is 1.97. The van der Waals surface area contributed by atoms with Crippen LogP contribution < -0.4 is 0 Å². The maximum Gasteiger partial charge on any atom is 0.303 e. The zero-order valence-electron chi connectivity index (χ0n) is 14.8. The molecule has 27 heavy (non-hydrogen) atoms. The Morgan fingerprint density at radius 3 is 2.63 bits per heavy atom. The summed E-state index contributed by atoms with van der Waals surface area (Å²) in [4.78, 5) is 30.6. The van der Waals surface area contributed by atoms with E-state index >= 15 is 0 Å². The molecular formula is C21H20N2O4. The van der Waals surface area contributed by atoms with Crippen LogP contribution in [0.1, 0.15) is 29.6 Å². The zero-order chi connectivity index (χ0) is 18.8. The molecule has 0 aliphatic carbocycles. The van der Waals surface area contributed by atoms with E-state index in [2.05, 4.69) is 4.98 Å². The van der Waals surface area contributed by atoms with Gasteiger partial charge in [0.05, 0.1) is 17.3 Å². The molecule has 0 unspecified atom stereocenters. The third kappa shape index (κ3) is 3.56. The highest BCUT2D eigenvalue weighted by molar-refractivity contribution is 6.07. The van der Waals surface area contributed by atoms with Crippen LogP contribution in [0.25, 0.3) is 22.4 Å². The van der Waals surface area contributed by atoms with Crippen LogP contribution in [0.15, 0.2) is 53.1 Å². The van der Waals surface area contributed by atoms with Crippen molar-refractivity contribution in [2.24, 2.45) is 5.92 Å². The average molecular weight is 364 g/mol.